The molecule has 0 aliphatic carbocycles. The Morgan fingerprint density at radius 2 is 2.16 bits per heavy atom. The number of hydrogen-bond acceptors (Lipinski definition) is 5. The molecule has 0 saturated heterocycles. The Hall–Kier alpha value is -1.44. The zero-order valence-corrected chi connectivity index (χ0v) is 12.3. The van der Waals surface area contributed by atoms with Gasteiger partial charge in [-0.25, -0.2) is 13.1 Å². The lowest BCUT2D eigenvalue weighted by molar-refractivity contribution is 0.582. The van der Waals surface area contributed by atoms with Gasteiger partial charge < -0.3 is 5.73 Å². The van der Waals surface area contributed by atoms with E-state index in [0.717, 1.165) is 4.88 Å². The number of nitrogens with two attached hydrogens (primary N) is 1. The third-order valence-corrected chi connectivity index (χ3v) is 5.36. The molecule has 7 heteroatoms. The lowest BCUT2D eigenvalue weighted by Crippen LogP contribution is -2.23. The first kappa shape index (κ1) is 14.0. The number of rotatable bonds is 4. The van der Waals surface area contributed by atoms with E-state index in [-0.39, 0.29) is 17.1 Å². The van der Waals surface area contributed by atoms with Crippen LogP contribution < -0.4 is 10.5 Å². The van der Waals surface area contributed by atoms with Crippen molar-refractivity contribution in [1.29, 1.82) is 0 Å². The first-order valence-electron chi connectivity index (χ1n) is 5.65. The van der Waals surface area contributed by atoms with Crippen molar-refractivity contribution in [1.82, 2.24) is 9.71 Å². The summed E-state index contributed by atoms with van der Waals surface area (Å²) in [5, 5.41) is 0. The van der Waals surface area contributed by atoms with Crippen molar-refractivity contribution in [3.05, 3.63) is 39.8 Å². The molecule has 0 radical (unpaired) electrons. The van der Waals surface area contributed by atoms with Gasteiger partial charge in [0.25, 0.3) is 0 Å². The van der Waals surface area contributed by atoms with Gasteiger partial charge in [-0.3, -0.25) is 4.98 Å². The van der Waals surface area contributed by atoms with Crippen LogP contribution in [0.25, 0.3) is 0 Å². The molecule has 2 aromatic rings. The zero-order valence-electron chi connectivity index (χ0n) is 10.7. The SMILES string of the molecule is Cc1cc(CNS(=O)(=O)c2cnccc2N)sc1C. The lowest BCUT2D eigenvalue weighted by atomic mass is 10.3. The average molecular weight is 297 g/mol. The van der Waals surface area contributed by atoms with Gasteiger partial charge in [0.2, 0.25) is 10.0 Å². The Kier molecular flexibility index (Phi) is 3.88. The highest BCUT2D eigenvalue weighted by Crippen LogP contribution is 2.21. The standard InChI is InChI=1S/C12H15N3O2S2/c1-8-5-10(18-9(8)2)6-15-19(16,17)12-7-14-4-3-11(12)13/h3-5,7,15H,6H2,1-2H3,(H2,13,14). The van der Waals surface area contributed by atoms with E-state index in [1.807, 2.05) is 19.9 Å². The van der Waals surface area contributed by atoms with Crippen molar-refractivity contribution in [2.45, 2.75) is 25.3 Å². The minimum atomic E-state index is -3.62. The molecule has 0 aliphatic heterocycles. The van der Waals surface area contributed by atoms with Crippen LogP contribution in [-0.2, 0) is 16.6 Å². The molecule has 2 rings (SSSR count). The van der Waals surface area contributed by atoms with Crippen LogP contribution in [0.4, 0.5) is 5.69 Å². The second kappa shape index (κ2) is 5.28. The molecule has 0 spiro atoms. The molecule has 2 heterocycles. The van der Waals surface area contributed by atoms with Crippen molar-refractivity contribution >= 4 is 27.0 Å². The molecule has 3 N–H and O–H groups in total. The molecular weight excluding hydrogens is 282 g/mol. The Labute approximate surface area is 116 Å². The van der Waals surface area contributed by atoms with E-state index in [2.05, 4.69) is 9.71 Å². The molecule has 0 unspecified atom stereocenters. The second-order valence-electron chi connectivity index (χ2n) is 4.19. The molecule has 0 fully saturated rings. The predicted octanol–water partition coefficient (Wildman–Crippen LogP) is 1.82. The van der Waals surface area contributed by atoms with Crippen molar-refractivity contribution < 1.29 is 8.42 Å². The van der Waals surface area contributed by atoms with Gasteiger partial charge in [0.05, 0.1) is 5.69 Å². The normalized spacial score (nSPS) is 11.7. The van der Waals surface area contributed by atoms with Crippen molar-refractivity contribution in [2.75, 3.05) is 5.73 Å². The summed E-state index contributed by atoms with van der Waals surface area (Å²) >= 11 is 1.58. The maximum atomic E-state index is 12.1. The largest absolute Gasteiger partial charge is 0.398 e. The molecule has 0 aliphatic rings. The first-order chi connectivity index (χ1) is 8.90. The lowest BCUT2D eigenvalue weighted by Gasteiger charge is -2.07. The highest BCUT2D eigenvalue weighted by atomic mass is 32.2. The van der Waals surface area contributed by atoms with Gasteiger partial charge in [-0.05, 0) is 31.5 Å². The predicted molar refractivity (Wildman–Crippen MR) is 76.5 cm³/mol. The molecule has 19 heavy (non-hydrogen) atoms. The summed E-state index contributed by atoms with van der Waals surface area (Å²) in [6.07, 6.45) is 2.71. The monoisotopic (exact) mass is 297 g/mol. The number of hydrogen-bond donors (Lipinski definition) is 2. The van der Waals surface area contributed by atoms with Gasteiger partial charge in [0.1, 0.15) is 4.90 Å². The van der Waals surface area contributed by atoms with Gasteiger partial charge >= 0.3 is 0 Å². The van der Waals surface area contributed by atoms with Gasteiger partial charge in [-0.1, -0.05) is 0 Å². The van der Waals surface area contributed by atoms with E-state index in [9.17, 15) is 8.42 Å². The summed E-state index contributed by atoms with van der Waals surface area (Å²) in [6.45, 7) is 4.27. The van der Waals surface area contributed by atoms with Crippen molar-refractivity contribution in [3.8, 4) is 0 Å². The number of pyridine rings is 1. The van der Waals surface area contributed by atoms with Crippen LogP contribution in [0.15, 0.2) is 29.4 Å². The highest BCUT2D eigenvalue weighted by Gasteiger charge is 2.17. The maximum absolute atomic E-state index is 12.1. The number of sulfonamides is 1. The number of aryl methyl sites for hydroxylation is 2. The molecule has 0 saturated carbocycles. The van der Waals surface area contributed by atoms with Crippen LogP contribution in [-0.4, -0.2) is 13.4 Å². The summed E-state index contributed by atoms with van der Waals surface area (Å²) in [4.78, 5) is 5.97. The molecule has 0 amide bonds. The molecule has 0 bridgehead atoms. The van der Waals surface area contributed by atoms with Crippen LogP contribution in [0.5, 0.6) is 0 Å². The third kappa shape index (κ3) is 3.12. The smallest absolute Gasteiger partial charge is 0.244 e. The first-order valence-corrected chi connectivity index (χ1v) is 7.95. The number of aromatic nitrogens is 1. The van der Waals surface area contributed by atoms with Crippen LogP contribution in [0.3, 0.4) is 0 Å². The maximum Gasteiger partial charge on any atom is 0.244 e. The van der Waals surface area contributed by atoms with E-state index in [0.29, 0.717) is 0 Å². The number of nitrogen functional groups attached to an aromatic ring is 1. The topological polar surface area (TPSA) is 85.1 Å². The van der Waals surface area contributed by atoms with Crippen LogP contribution >= 0.6 is 11.3 Å². The Morgan fingerprint density at radius 3 is 2.74 bits per heavy atom. The van der Waals surface area contributed by atoms with Gasteiger partial charge in [-0.15, -0.1) is 11.3 Å². The molecule has 102 valence electrons. The minimum Gasteiger partial charge on any atom is -0.398 e. The van der Waals surface area contributed by atoms with Crippen molar-refractivity contribution in [2.24, 2.45) is 0 Å². The summed E-state index contributed by atoms with van der Waals surface area (Å²) in [7, 11) is -3.62. The zero-order chi connectivity index (χ0) is 14.0. The van der Waals surface area contributed by atoms with Crippen LogP contribution in [0.2, 0.25) is 0 Å². The summed E-state index contributed by atoms with van der Waals surface area (Å²) in [5.74, 6) is 0. The molecular formula is C12H15N3O2S2. The van der Waals surface area contributed by atoms with Gasteiger partial charge in [0, 0.05) is 28.7 Å². The van der Waals surface area contributed by atoms with Gasteiger partial charge in [-0.2, -0.15) is 0 Å². The molecule has 2 aromatic heterocycles. The molecule has 0 atom stereocenters. The van der Waals surface area contributed by atoms with E-state index < -0.39 is 10.0 Å². The Balaban J connectivity index is 2.17. The quantitative estimate of drug-likeness (QED) is 0.901. The fourth-order valence-electron chi connectivity index (χ4n) is 1.60. The van der Waals surface area contributed by atoms with Crippen molar-refractivity contribution in [3.63, 3.8) is 0 Å². The van der Waals surface area contributed by atoms with E-state index in [4.69, 9.17) is 5.73 Å². The second-order valence-corrected chi connectivity index (χ2v) is 7.27. The third-order valence-electron chi connectivity index (χ3n) is 2.76. The summed E-state index contributed by atoms with van der Waals surface area (Å²) < 4.78 is 26.7. The minimum absolute atomic E-state index is 0.0139. The van der Waals surface area contributed by atoms with Gasteiger partial charge in [0.15, 0.2) is 0 Å². The summed E-state index contributed by atoms with van der Waals surface area (Å²) in [6, 6.07) is 3.45. The fraction of sp³-hybridized carbons (Fsp3) is 0.250. The van der Waals surface area contributed by atoms with E-state index in [1.165, 1.54) is 28.9 Å². The average Bonchev–Trinajstić information content (AvgIpc) is 2.67. The molecule has 5 nitrogen and oxygen atoms in total. The van der Waals surface area contributed by atoms with E-state index >= 15 is 0 Å². The number of anilines is 1. The Bertz CT molecular complexity index is 673. The van der Waals surface area contributed by atoms with Crippen LogP contribution in [0.1, 0.15) is 15.3 Å². The van der Waals surface area contributed by atoms with E-state index in [1.54, 1.807) is 11.3 Å². The highest BCUT2D eigenvalue weighted by molar-refractivity contribution is 7.89. The summed E-state index contributed by atoms with van der Waals surface area (Å²) in [5.41, 5.74) is 7.01. The number of thiophene rings is 1. The molecule has 0 aromatic carbocycles. The Morgan fingerprint density at radius 1 is 1.42 bits per heavy atom. The van der Waals surface area contributed by atoms with Crippen LogP contribution in [0, 0.1) is 13.8 Å². The number of nitrogens with zero attached hydrogens (tertiary/aromatic N) is 1. The number of nitrogens with one attached hydrogen (secondary N) is 1. The fourth-order valence-corrected chi connectivity index (χ4v) is 3.76.